The highest BCUT2D eigenvalue weighted by molar-refractivity contribution is 6.30. The van der Waals surface area contributed by atoms with E-state index in [4.69, 9.17) is 11.6 Å². The molecule has 0 spiro atoms. The van der Waals surface area contributed by atoms with E-state index >= 15 is 0 Å². The Hall–Kier alpha value is -2.33. The predicted molar refractivity (Wildman–Crippen MR) is 96.4 cm³/mol. The minimum Gasteiger partial charge on any atom is -0.326 e. The molecule has 3 rings (SSSR count). The highest BCUT2D eigenvalue weighted by Crippen LogP contribution is 2.29. The molecule has 0 bridgehead atoms. The van der Waals surface area contributed by atoms with Crippen molar-refractivity contribution in [1.82, 2.24) is 0 Å². The van der Waals surface area contributed by atoms with Gasteiger partial charge >= 0.3 is 0 Å². The van der Waals surface area contributed by atoms with Crippen molar-refractivity contribution in [2.75, 3.05) is 16.8 Å². The molecule has 2 amide bonds. The van der Waals surface area contributed by atoms with Crippen LogP contribution in [0.2, 0.25) is 5.02 Å². The number of halogens is 1. The van der Waals surface area contributed by atoms with Crippen molar-refractivity contribution in [3.05, 3.63) is 59.1 Å². The molecule has 0 saturated carbocycles. The van der Waals surface area contributed by atoms with Crippen molar-refractivity contribution < 1.29 is 9.59 Å². The van der Waals surface area contributed by atoms with Gasteiger partial charge in [0.1, 0.15) is 0 Å². The van der Waals surface area contributed by atoms with Crippen molar-refractivity contribution in [2.45, 2.75) is 19.8 Å². The van der Waals surface area contributed by atoms with Gasteiger partial charge in [-0.25, -0.2) is 0 Å². The van der Waals surface area contributed by atoms with Gasteiger partial charge in [0.2, 0.25) is 11.8 Å². The largest absolute Gasteiger partial charge is 0.326 e. The molecule has 0 radical (unpaired) electrons. The molecule has 1 heterocycles. The standard InChI is InChI=1S/C19H19ClN2O2/c1-2-13-5-3-4-6-17(13)22-12-14(11-18(22)23)19(24)21-16-9-7-15(20)8-10-16/h3-10,14H,2,11-12H2,1H3,(H,21,24). The van der Waals surface area contributed by atoms with Crippen LogP contribution in [-0.2, 0) is 16.0 Å². The number of hydrogen-bond acceptors (Lipinski definition) is 2. The fourth-order valence-electron chi connectivity index (χ4n) is 2.97. The monoisotopic (exact) mass is 342 g/mol. The topological polar surface area (TPSA) is 49.4 Å². The molecule has 124 valence electrons. The normalized spacial score (nSPS) is 17.2. The van der Waals surface area contributed by atoms with E-state index in [9.17, 15) is 9.59 Å². The van der Waals surface area contributed by atoms with Crippen LogP contribution in [0.4, 0.5) is 11.4 Å². The van der Waals surface area contributed by atoms with Crippen LogP contribution in [0.5, 0.6) is 0 Å². The van der Waals surface area contributed by atoms with Crippen molar-refractivity contribution >= 4 is 34.8 Å². The Balaban J connectivity index is 1.72. The van der Waals surface area contributed by atoms with Gasteiger partial charge in [-0.2, -0.15) is 0 Å². The first-order chi connectivity index (χ1) is 11.6. The number of nitrogens with one attached hydrogen (secondary N) is 1. The van der Waals surface area contributed by atoms with Gasteiger partial charge in [0, 0.05) is 29.4 Å². The highest BCUT2D eigenvalue weighted by atomic mass is 35.5. The fraction of sp³-hybridized carbons (Fsp3) is 0.263. The lowest BCUT2D eigenvalue weighted by Gasteiger charge is -2.20. The maximum absolute atomic E-state index is 12.5. The van der Waals surface area contributed by atoms with Gasteiger partial charge in [0.15, 0.2) is 0 Å². The lowest BCUT2D eigenvalue weighted by Crippen LogP contribution is -2.28. The number of para-hydroxylation sites is 1. The first-order valence-corrected chi connectivity index (χ1v) is 8.41. The molecule has 1 aliphatic rings. The van der Waals surface area contributed by atoms with Crippen LogP contribution < -0.4 is 10.2 Å². The van der Waals surface area contributed by atoms with Crippen LogP contribution in [0.25, 0.3) is 0 Å². The zero-order valence-electron chi connectivity index (χ0n) is 13.5. The van der Waals surface area contributed by atoms with Gasteiger partial charge in [0.25, 0.3) is 0 Å². The van der Waals surface area contributed by atoms with E-state index in [2.05, 4.69) is 12.2 Å². The third-order valence-corrected chi connectivity index (χ3v) is 4.52. The fourth-order valence-corrected chi connectivity index (χ4v) is 3.09. The van der Waals surface area contributed by atoms with Crippen LogP contribution in [0.3, 0.4) is 0 Å². The summed E-state index contributed by atoms with van der Waals surface area (Å²) >= 11 is 5.85. The molecule has 1 saturated heterocycles. The van der Waals surface area contributed by atoms with Crippen molar-refractivity contribution in [3.8, 4) is 0 Å². The zero-order valence-corrected chi connectivity index (χ0v) is 14.2. The average Bonchev–Trinajstić information content (AvgIpc) is 2.98. The number of amides is 2. The first-order valence-electron chi connectivity index (χ1n) is 8.03. The number of rotatable bonds is 4. The quantitative estimate of drug-likeness (QED) is 0.916. The highest BCUT2D eigenvalue weighted by Gasteiger charge is 2.35. The predicted octanol–water partition coefficient (Wildman–Crippen LogP) is 3.89. The molecule has 1 fully saturated rings. The van der Waals surface area contributed by atoms with E-state index in [1.54, 1.807) is 29.2 Å². The van der Waals surface area contributed by atoms with Crippen molar-refractivity contribution in [2.24, 2.45) is 5.92 Å². The summed E-state index contributed by atoms with van der Waals surface area (Å²) < 4.78 is 0. The molecule has 0 aromatic heterocycles. The summed E-state index contributed by atoms with van der Waals surface area (Å²) in [6.45, 7) is 2.47. The summed E-state index contributed by atoms with van der Waals surface area (Å²) in [5.41, 5.74) is 2.71. The molecule has 2 aromatic carbocycles. The number of carbonyl (C=O) groups excluding carboxylic acids is 2. The first kappa shape index (κ1) is 16.5. The molecule has 1 N–H and O–H groups in total. The van der Waals surface area contributed by atoms with Crippen molar-refractivity contribution in [1.29, 1.82) is 0 Å². The summed E-state index contributed by atoms with van der Waals surface area (Å²) in [5.74, 6) is -0.493. The molecular formula is C19H19ClN2O2. The summed E-state index contributed by atoms with van der Waals surface area (Å²) in [6.07, 6.45) is 1.08. The Bertz CT molecular complexity index is 758. The summed E-state index contributed by atoms with van der Waals surface area (Å²) in [5, 5.41) is 3.47. The molecule has 4 nitrogen and oxygen atoms in total. The van der Waals surface area contributed by atoms with Gasteiger partial charge in [-0.05, 0) is 42.3 Å². The molecule has 1 unspecified atom stereocenters. The third kappa shape index (κ3) is 3.44. The lowest BCUT2D eigenvalue weighted by molar-refractivity contribution is -0.122. The molecule has 5 heteroatoms. The molecule has 24 heavy (non-hydrogen) atoms. The minimum absolute atomic E-state index is 0.00726. The number of carbonyl (C=O) groups is 2. The van der Waals surface area contributed by atoms with Crippen LogP contribution in [-0.4, -0.2) is 18.4 Å². The van der Waals surface area contributed by atoms with E-state index in [1.807, 2.05) is 24.3 Å². The van der Waals surface area contributed by atoms with Gasteiger partial charge in [-0.1, -0.05) is 36.7 Å². The summed E-state index contributed by atoms with van der Waals surface area (Å²) in [4.78, 5) is 26.6. The SMILES string of the molecule is CCc1ccccc1N1CC(C(=O)Nc2ccc(Cl)cc2)CC1=O. The Morgan fingerprint density at radius 2 is 1.92 bits per heavy atom. The Labute approximate surface area is 146 Å². The minimum atomic E-state index is -0.349. The lowest BCUT2D eigenvalue weighted by atomic mass is 10.1. The Morgan fingerprint density at radius 3 is 2.62 bits per heavy atom. The van der Waals surface area contributed by atoms with E-state index in [-0.39, 0.29) is 24.2 Å². The Morgan fingerprint density at radius 1 is 1.21 bits per heavy atom. The average molecular weight is 343 g/mol. The van der Waals surface area contributed by atoms with E-state index in [0.717, 1.165) is 17.7 Å². The van der Waals surface area contributed by atoms with Crippen LogP contribution in [0.1, 0.15) is 18.9 Å². The number of benzene rings is 2. The smallest absolute Gasteiger partial charge is 0.229 e. The van der Waals surface area contributed by atoms with Crippen LogP contribution in [0, 0.1) is 5.92 Å². The second-order valence-corrected chi connectivity index (χ2v) is 6.32. The number of hydrogen-bond donors (Lipinski definition) is 1. The van der Waals surface area contributed by atoms with Gasteiger partial charge in [0.05, 0.1) is 5.92 Å². The zero-order chi connectivity index (χ0) is 17.1. The summed E-state index contributed by atoms with van der Waals surface area (Å²) in [7, 11) is 0. The Kier molecular flexibility index (Phi) is 4.86. The summed E-state index contributed by atoms with van der Waals surface area (Å²) in [6, 6.07) is 14.8. The van der Waals surface area contributed by atoms with E-state index < -0.39 is 0 Å². The van der Waals surface area contributed by atoms with E-state index in [1.165, 1.54) is 0 Å². The van der Waals surface area contributed by atoms with Gasteiger partial charge < -0.3 is 10.2 Å². The maximum Gasteiger partial charge on any atom is 0.229 e. The maximum atomic E-state index is 12.5. The molecule has 2 aromatic rings. The molecular weight excluding hydrogens is 324 g/mol. The van der Waals surface area contributed by atoms with Gasteiger partial charge in [-0.15, -0.1) is 0 Å². The molecule has 0 aliphatic carbocycles. The number of anilines is 2. The second-order valence-electron chi connectivity index (χ2n) is 5.88. The third-order valence-electron chi connectivity index (χ3n) is 4.27. The number of nitrogens with zero attached hydrogens (tertiary/aromatic N) is 1. The van der Waals surface area contributed by atoms with Gasteiger partial charge in [-0.3, -0.25) is 9.59 Å². The number of aryl methyl sites for hydroxylation is 1. The van der Waals surface area contributed by atoms with Crippen LogP contribution in [0.15, 0.2) is 48.5 Å². The van der Waals surface area contributed by atoms with E-state index in [0.29, 0.717) is 17.3 Å². The van der Waals surface area contributed by atoms with Crippen molar-refractivity contribution in [3.63, 3.8) is 0 Å². The molecule has 1 aliphatic heterocycles. The van der Waals surface area contributed by atoms with Crippen LogP contribution >= 0.6 is 11.6 Å². The second kappa shape index (κ2) is 7.05. The molecule has 1 atom stereocenters.